The molecule has 37 heavy (non-hydrogen) atoms. The van der Waals surface area contributed by atoms with Crippen molar-refractivity contribution < 1.29 is 23.7 Å². The third kappa shape index (κ3) is 11.5. The molecule has 0 heterocycles. The Balaban J connectivity index is 2.60. The fourth-order valence-corrected chi connectivity index (χ4v) is 6.26. The van der Waals surface area contributed by atoms with Crippen molar-refractivity contribution in [1.29, 1.82) is 0 Å². The van der Waals surface area contributed by atoms with E-state index in [1.54, 1.807) is 14.2 Å². The molecule has 0 unspecified atom stereocenters. The first-order chi connectivity index (χ1) is 17.3. The molecule has 0 saturated heterocycles. The van der Waals surface area contributed by atoms with Crippen LogP contribution in [0.4, 0.5) is 0 Å². The van der Waals surface area contributed by atoms with Gasteiger partial charge in [-0.25, -0.2) is 0 Å². The summed E-state index contributed by atoms with van der Waals surface area (Å²) in [7, 11) is 1.71. The predicted octanol–water partition coefficient (Wildman–Crippen LogP) is 7.47. The van der Waals surface area contributed by atoms with Gasteiger partial charge in [0, 0.05) is 32.2 Å². The maximum absolute atomic E-state index is 11.1. The lowest BCUT2D eigenvalue weighted by molar-refractivity contribution is -0.0611. The van der Waals surface area contributed by atoms with E-state index in [0.29, 0.717) is 19.1 Å². The zero-order valence-corrected chi connectivity index (χ0v) is 26.8. The molecule has 1 aromatic carbocycles. The molecule has 0 aliphatic carbocycles. The highest BCUT2D eigenvalue weighted by molar-refractivity contribution is 6.74. The van der Waals surface area contributed by atoms with Crippen LogP contribution in [0.1, 0.15) is 79.7 Å². The van der Waals surface area contributed by atoms with E-state index in [9.17, 15) is 5.11 Å². The van der Waals surface area contributed by atoms with Crippen LogP contribution in [0.25, 0.3) is 0 Å². The molecule has 0 fully saturated rings. The summed E-state index contributed by atoms with van der Waals surface area (Å²) >= 11 is 0. The van der Waals surface area contributed by atoms with E-state index in [-0.39, 0.29) is 35.2 Å². The largest absolute Gasteiger partial charge is 0.414 e. The van der Waals surface area contributed by atoms with Crippen LogP contribution in [0.2, 0.25) is 18.1 Å². The first-order valence-corrected chi connectivity index (χ1v) is 17.2. The molecule has 7 atom stereocenters. The lowest BCUT2D eigenvalue weighted by Crippen LogP contribution is -2.45. The molecule has 0 amide bonds. The number of aliphatic hydroxyl groups excluding tert-OH is 1. The first kappa shape index (κ1) is 34.3. The highest BCUT2D eigenvalue weighted by atomic mass is 28.4. The zero-order chi connectivity index (χ0) is 28.2. The van der Waals surface area contributed by atoms with Crippen LogP contribution in [0.5, 0.6) is 0 Å². The third-order valence-corrected chi connectivity index (χ3v) is 13.1. The molecule has 0 aliphatic rings. The van der Waals surface area contributed by atoms with Gasteiger partial charge in [-0.15, -0.1) is 0 Å². The van der Waals surface area contributed by atoms with E-state index in [1.165, 1.54) is 5.56 Å². The molecule has 1 rings (SSSR count). The number of benzene rings is 1. The monoisotopic (exact) mass is 538 g/mol. The van der Waals surface area contributed by atoms with Gasteiger partial charge in [0.15, 0.2) is 8.32 Å². The lowest BCUT2D eigenvalue weighted by Gasteiger charge is -2.40. The second-order valence-corrected chi connectivity index (χ2v) is 17.3. The molecule has 1 aromatic rings. The number of methoxy groups -OCH3 is 2. The minimum absolute atomic E-state index is 0.0128. The average molecular weight is 539 g/mol. The minimum Gasteiger partial charge on any atom is -0.414 e. The first-order valence-electron chi connectivity index (χ1n) is 14.3. The van der Waals surface area contributed by atoms with Crippen LogP contribution in [0.3, 0.4) is 0 Å². The average Bonchev–Trinajstić information content (AvgIpc) is 2.84. The Morgan fingerprint density at radius 2 is 1.54 bits per heavy atom. The molecule has 0 bridgehead atoms. The lowest BCUT2D eigenvalue weighted by atomic mass is 9.85. The maximum Gasteiger partial charge on any atom is 0.192 e. The van der Waals surface area contributed by atoms with E-state index >= 15 is 0 Å². The third-order valence-electron chi connectivity index (χ3n) is 8.52. The highest BCUT2D eigenvalue weighted by Gasteiger charge is 2.39. The van der Waals surface area contributed by atoms with Gasteiger partial charge in [-0.3, -0.25) is 0 Å². The molecule has 0 saturated carbocycles. The fourth-order valence-electron chi connectivity index (χ4n) is 4.81. The topological polar surface area (TPSA) is 57.2 Å². The molecule has 216 valence electrons. The van der Waals surface area contributed by atoms with Gasteiger partial charge in [-0.1, -0.05) is 78.8 Å². The van der Waals surface area contributed by atoms with Crippen LogP contribution >= 0.6 is 0 Å². The molecular weight excluding hydrogens is 480 g/mol. The van der Waals surface area contributed by atoms with Crippen molar-refractivity contribution in [3.05, 3.63) is 35.9 Å². The van der Waals surface area contributed by atoms with E-state index < -0.39 is 14.4 Å². The highest BCUT2D eigenvalue weighted by Crippen LogP contribution is 2.38. The summed E-state index contributed by atoms with van der Waals surface area (Å²) in [5.41, 5.74) is 1.17. The SMILES string of the molecule is CC[C@H](C[C@H](OC)[C@@H](C)CC[C@@H](O)[C@H](C)[C@H](OC)[C@H](C)COCc1ccccc1)O[Si](C)(C)C(C)(C)C. The van der Waals surface area contributed by atoms with Crippen LogP contribution in [-0.2, 0) is 25.2 Å². The molecule has 1 N–H and O–H groups in total. The maximum atomic E-state index is 11.1. The van der Waals surface area contributed by atoms with Crippen molar-refractivity contribution in [3.63, 3.8) is 0 Å². The van der Waals surface area contributed by atoms with E-state index in [4.69, 9.17) is 18.6 Å². The zero-order valence-electron chi connectivity index (χ0n) is 25.8. The van der Waals surface area contributed by atoms with Gasteiger partial charge in [-0.2, -0.15) is 0 Å². The number of rotatable bonds is 18. The summed E-state index contributed by atoms with van der Waals surface area (Å²) < 4.78 is 24.4. The Morgan fingerprint density at radius 3 is 2.05 bits per heavy atom. The number of ether oxygens (including phenoxy) is 3. The van der Waals surface area contributed by atoms with Crippen molar-refractivity contribution in [3.8, 4) is 0 Å². The van der Waals surface area contributed by atoms with E-state index in [0.717, 1.165) is 25.7 Å². The molecule has 0 radical (unpaired) electrons. The van der Waals surface area contributed by atoms with Gasteiger partial charge >= 0.3 is 0 Å². The Morgan fingerprint density at radius 1 is 0.919 bits per heavy atom. The van der Waals surface area contributed by atoms with Gasteiger partial charge < -0.3 is 23.7 Å². The number of aliphatic hydroxyl groups is 1. The van der Waals surface area contributed by atoms with Gasteiger partial charge in [0.05, 0.1) is 31.5 Å². The van der Waals surface area contributed by atoms with Gasteiger partial charge in [-0.05, 0) is 55.3 Å². The quantitative estimate of drug-likeness (QED) is 0.196. The fraction of sp³-hybridized carbons (Fsp3) is 0.806. The summed E-state index contributed by atoms with van der Waals surface area (Å²) in [4.78, 5) is 0. The normalized spacial score (nSPS) is 18.6. The van der Waals surface area contributed by atoms with Crippen molar-refractivity contribution in [2.24, 2.45) is 17.8 Å². The predicted molar refractivity (Wildman–Crippen MR) is 157 cm³/mol. The van der Waals surface area contributed by atoms with Crippen LogP contribution < -0.4 is 0 Å². The summed E-state index contributed by atoms with van der Waals surface area (Å²) in [5.74, 6) is 0.524. The molecule has 5 nitrogen and oxygen atoms in total. The Labute approximate surface area is 229 Å². The number of hydrogen-bond donors (Lipinski definition) is 1. The van der Waals surface area contributed by atoms with Crippen LogP contribution in [0.15, 0.2) is 30.3 Å². The second-order valence-electron chi connectivity index (χ2n) is 12.6. The van der Waals surface area contributed by atoms with Gasteiger partial charge in [0.2, 0.25) is 0 Å². The Kier molecular flexibility index (Phi) is 15.2. The van der Waals surface area contributed by atoms with Crippen LogP contribution in [0, 0.1) is 17.8 Å². The molecular formula is C31H58O5Si. The summed E-state index contributed by atoms with van der Waals surface area (Å²) in [6.45, 7) is 21.3. The van der Waals surface area contributed by atoms with E-state index in [2.05, 4.69) is 73.7 Å². The van der Waals surface area contributed by atoms with Crippen molar-refractivity contribution in [2.75, 3.05) is 20.8 Å². The standard InChI is InChI=1S/C31H58O5Si/c1-12-27(36-37(10,11)31(5,6)7)20-29(33-8)23(2)18-19-28(32)25(4)30(34-9)24(3)21-35-22-26-16-14-13-15-17-26/h13-17,23-25,27-30,32H,12,18-22H2,1-11H3/t23-,24+,25-,27+,28+,29-,30+/m0/s1. The summed E-state index contributed by atoms with van der Waals surface area (Å²) in [5, 5.41) is 11.3. The molecule has 0 aliphatic heterocycles. The summed E-state index contributed by atoms with van der Waals surface area (Å²) in [6, 6.07) is 10.2. The van der Waals surface area contributed by atoms with E-state index in [1.807, 2.05) is 18.2 Å². The van der Waals surface area contributed by atoms with Crippen molar-refractivity contribution >= 4 is 8.32 Å². The second kappa shape index (κ2) is 16.4. The minimum atomic E-state index is -1.83. The Hall–Kier alpha value is -0.763. The van der Waals surface area contributed by atoms with Crippen molar-refractivity contribution in [2.45, 2.75) is 123 Å². The van der Waals surface area contributed by atoms with Crippen molar-refractivity contribution in [1.82, 2.24) is 0 Å². The number of hydrogen-bond acceptors (Lipinski definition) is 5. The molecule has 0 spiro atoms. The molecule has 6 heteroatoms. The Bertz CT molecular complexity index is 720. The van der Waals surface area contributed by atoms with Gasteiger partial charge in [0.25, 0.3) is 0 Å². The molecule has 0 aromatic heterocycles. The summed E-state index contributed by atoms with van der Waals surface area (Å²) in [6.07, 6.45) is 3.30. The van der Waals surface area contributed by atoms with Crippen LogP contribution in [-0.4, -0.2) is 58.7 Å². The smallest absolute Gasteiger partial charge is 0.192 e. The van der Waals surface area contributed by atoms with Gasteiger partial charge in [0.1, 0.15) is 0 Å².